The number of ketones is 1. The third-order valence-corrected chi connectivity index (χ3v) is 4.77. The van der Waals surface area contributed by atoms with Crippen LogP contribution in [0.3, 0.4) is 0 Å². The van der Waals surface area contributed by atoms with Crippen LogP contribution in [0.2, 0.25) is 5.02 Å². The lowest BCUT2D eigenvalue weighted by atomic mass is 10.1. The summed E-state index contributed by atoms with van der Waals surface area (Å²) in [5, 5.41) is 17.1. The molecule has 0 unspecified atom stereocenters. The molecule has 6 heteroatoms. The van der Waals surface area contributed by atoms with Crippen LogP contribution in [0.4, 0.5) is 0 Å². The molecule has 0 bridgehead atoms. The largest absolute Gasteiger partial charge is 0.489 e. The maximum absolute atomic E-state index is 11.7. The highest BCUT2D eigenvalue weighted by molar-refractivity contribution is 6.37. The second-order valence-electron chi connectivity index (χ2n) is 6.35. The number of hydrogen-bond acceptors (Lipinski definition) is 4. The first-order chi connectivity index (χ1) is 12.4. The molecule has 1 atom stereocenters. The average molecular weight is 373 g/mol. The van der Waals surface area contributed by atoms with Crippen LogP contribution in [0.5, 0.6) is 5.75 Å². The number of hydrogen-bond donors (Lipinski definition) is 1. The summed E-state index contributed by atoms with van der Waals surface area (Å²) in [6, 6.07) is 11.5. The number of fused-ring (bicyclic) bond motifs is 1. The summed E-state index contributed by atoms with van der Waals surface area (Å²) in [4.78, 5) is 11.7. The Morgan fingerprint density at radius 1 is 1.27 bits per heavy atom. The first-order valence-electron chi connectivity index (χ1n) is 8.41. The number of Topliss-reactive ketones (excluding diaryl/α,β-unsaturated/α-hetero) is 1. The number of nitrogens with zero attached hydrogens (tertiary/aromatic N) is 2. The topological polar surface area (TPSA) is 64.4 Å². The van der Waals surface area contributed by atoms with Gasteiger partial charge in [0.2, 0.25) is 0 Å². The highest BCUT2D eigenvalue weighted by Crippen LogP contribution is 2.32. The molecule has 1 N–H and O–H groups in total. The van der Waals surface area contributed by atoms with Gasteiger partial charge < -0.3 is 9.84 Å². The maximum Gasteiger partial charge on any atom is 0.163 e. The average Bonchev–Trinajstić information content (AvgIpc) is 2.88. The molecule has 0 aliphatic heterocycles. The molecule has 3 rings (SSSR count). The number of aliphatic hydroxyl groups is 1. The zero-order valence-electron chi connectivity index (χ0n) is 15.0. The Balaban J connectivity index is 1.70. The van der Waals surface area contributed by atoms with E-state index in [4.69, 9.17) is 16.3 Å². The molecule has 3 aromatic rings. The molecule has 0 aliphatic rings. The Morgan fingerprint density at radius 2 is 2.00 bits per heavy atom. The SMILES string of the molecule is CC(=O)c1c(C)nn(C[C@@H](O)COc2ccc3ccccc3c2Cl)c1C. The molecule has 26 heavy (non-hydrogen) atoms. The number of aliphatic hydroxyl groups excluding tert-OH is 1. The molecular formula is C20H21ClN2O3. The number of ether oxygens (including phenoxy) is 1. The second kappa shape index (κ2) is 7.48. The predicted molar refractivity (Wildman–Crippen MR) is 102 cm³/mol. The fourth-order valence-electron chi connectivity index (χ4n) is 3.15. The summed E-state index contributed by atoms with van der Waals surface area (Å²) < 4.78 is 7.35. The number of carbonyl (C=O) groups is 1. The van der Waals surface area contributed by atoms with Crippen molar-refractivity contribution in [3.8, 4) is 5.75 Å². The lowest BCUT2D eigenvalue weighted by molar-refractivity contribution is 0.0886. The number of aromatic nitrogens is 2. The van der Waals surface area contributed by atoms with Gasteiger partial charge >= 0.3 is 0 Å². The molecule has 1 heterocycles. The van der Waals surface area contributed by atoms with E-state index in [1.54, 1.807) is 17.7 Å². The van der Waals surface area contributed by atoms with Crippen LogP contribution in [0, 0.1) is 13.8 Å². The molecule has 0 saturated heterocycles. The minimum atomic E-state index is -0.782. The number of carbonyl (C=O) groups excluding carboxylic acids is 1. The van der Waals surface area contributed by atoms with Crippen LogP contribution < -0.4 is 4.74 Å². The standard InChI is InChI=1S/C20H21ClN2O3/c1-12-19(14(3)24)13(2)23(22-12)10-16(25)11-26-18-9-8-15-6-4-5-7-17(15)20(18)21/h4-9,16,25H,10-11H2,1-3H3/t16-/m1/s1. The molecule has 2 aromatic carbocycles. The van der Waals surface area contributed by atoms with E-state index in [2.05, 4.69) is 5.10 Å². The molecule has 0 saturated carbocycles. The van der Waals surface area contributed by atoms with Crippen LogP contribution in [0.25, 0.3) is 10.8 Å². The van der Waals surface area contributed by atoms with Crippen molar-refractivity contribution < 1.29 is 14.6 Å². The van der Waals surface area contributed by atoms with E-state index in [1.807, 2.05) is 37.3 Å². The van der Waals surface area contributed by atoms with E-state index in [9.17, 15) is 9.90 Å². The highest BCUT2D eigenvalue weighted by Gasteiger charge is 2.18. The Labute approximate surface area is 157 Å². The lowest BCUT2D eigenvalue weighted by Gasteiger charge is -2.15. The minimum absolute atomic E-state index is 0.0278. The van der Waals surface area contributed by atoms with Crippen molar-refractivity contribution in [2.75, 3.05) is 6.61 Å². The Kier molecular flexibility index (Phi) is 5.30. The third-order valence-electron chi connectivity index (χ3n) is 4.38. The third kappa shape index (κ3) is 3.59. The summed E-state index contributed by atoms with van der Waals surface area (Å²) in [6.45, 7) is 5.45. The zero-order chi connectivity index (χ0) is 18.8. The molecule has 0 spiro atoms. The van der Waals surface area contributed by atoms with Crippen molar-refractivity contribution in [2.45, 2.75) is 33.4 Å². The number of benzene rings is 2. The second-order valence-corrected chi connectivity index (χ2v) is 6.73. The van der Waals surface area contributed by atoms with E-state index in [1.165, 1.54) is 6.92 Å². The molecule has 5 nitrogen and oxygen atoms in total. The monoisotopic (exact) mass is 372 g/mol. The zero-order valence-corrected chi connectivity index (χ0v) is 15.7. The van der Waals surface area contributed by atoms with E-state index in [-0.39, 0.29) is 18.9 Å². The van der Waals surface area contributed by atoms with E-state index >= 15 is 0 Å². The number of aryl methyl sites for hydroxylation is 1. The Bertz CT molecular complexity index is 965. The summed E-state index contributed by atoms with van der Waals surface area (Å²) in [6.07, 6.45) is -0.782. The lowest BCUT2D eigenvalue weighted by Crippen LogP contribution is -2.25. The van der Waals surface area contributed by atoms with Gasteiger partial charge in [0.05, 0.1) is 22.8 Å². The number of rotatable bonds is 6. The van der Waals surface area contributed by atoms with Crippen LogP contribution in [-0.2, 0) is 6.54 Å². The number of halogens is 1. The van der Waals surface area contributed by atoms with Crippen LogP contribution >= 0.6 is 11.6 Å². The molecule has 1 aromatic heterocycles. The van der Waals surface area contributed by atoms with Gasteiger partial charge in [0, 0.05) is 11.1 Å². The van der Waals surface area contributed by atoms with Gasteiger partial charge in [-0.3, -0.25) is 9.48 Å². The first-order valence-corrected chi connectivity index (χ1v) is 8.79. The van der Waals surface area contributed by atoms with Gasteiger partial charge in [-0.15, -0.1) is 0 Å². The molecule has 136 valence electrons. The molecule has 0 aliphatic carbocycles. The van der Waals surface area contributed by atoms with Gasteiger partial charge in [0.15, 0.2) is 5.78 Å². The molecule has 0 amide bonds. The Hall–Kier alpha value is -2.37. The predicted octanol–water partition coefficient (Wildman–Crippen LogP) is 3.95. The quantitative estimate of drug-likeness (QED) is 0.665. The normalized spacial score (nSPS) is 12.3. The highest BCUT2D eigenvalue weighted by atomic mass is 35.5. The summed E-state index contributed by atoms with van der Waals surface area (Å²) in [5.74, 6) is 0.502. The maximum atomic E-state index is 11.7. The van der Waals surface area contributed by atoms with Crippen molar-refractivity contribution in [3.05, 3.63) is 58.4 Å². The smallest absolute Gasteiger partial charge is 0.163 e. The van der Waals surface area contributed by atoms with Crippen molar-refractivity contribution in [2.24, 2.45) is 0 Å². The van der Waals surface area contributed by atoms with Crippen molar-refractivity contribution in [3.63, 3.8) is 0 Å². The fourth-order valence-corrected chi connectivity index (χ4v) is 3.44. The van der Waals surface area contributed by atoms with E-state index in [0.717, 1.165) is 16.5 Å². The van der Waals surface area contributed by atoms with Gasteiger partial charge in [-0.2, -0.15) is 5.10 Å². The first kappa shape index (κ1) is 18.4. The summed E-state index contributed by atoms with van der Waals surface area (Å²) >= 11 is 6.41. The van der Waals surface area contributed by atoms with Gasteiger partial charge in [-0.1, -0.05) is 41.9 Å². The van der Waals surface area contributed by atoms with E-state index in [0.29, 0.717) is 22.0 Å². The summed E-state index contributed by atoms with van der Waals surface area (Å²) in [7, 11) is 0. The summed E-state index contributed by atoms with van der Waals surface area (Å²) in [5.41, 5.74) is 2.02. The Morgan fingerprint density at radius 3 is 2.69 bits per heavy atom. The van der Waals surface area contributed by atoms with Crippen molar-refractivity contribution >= 4 is 28.2 Å². The molecule has 0 radical (unpaired) electrons. The van der Waals surface area contributed by atoms with Gasteiger partial charge in [-0.05, 0) is 32.2 Å². The van der Waals surface area contributed by atoms with Gasteiger partial charge in [0.25, 0.3) is 0 Å². The van der Waals surface area contributed by atoms with Crippen LogP contribution in [-0.4, -0.2) is 33.4 Å². The van der Waals surface area contributed by atoms with Crippen LogP contribution in [0.1, 0.15) is 28.7 Å². The van der Waals surface area contributed by atoms with Gasteiger partial charge in [0.1, 0.15) is 18.5 Å². The van der Waals surface area contributed by atoms with Crippen LogP contribution in [0.15, 0.2) is 36.4 Å². The molecule has 0 fully saturated rings. The minimum Gasteiger partial charge on any atom is -0.489 e. The van der Waals surface area contributed by atoms with E-state index < -0.39 is 6.10 Å². The molecular weight excluding hydrogens is 352 g/mol. The van der Waals surface area contributed by atoms with Gasteiger partial charge in [-0.25, -0.2) is 0 Å². The van der Waals surface area contributed by atoms with Crippen molar-refractivity contribution in [1.29, 1.82) is 0 Å². The van der Waals surface area contributed by atoms with Crippen molar-refractivity contribution in [1.82, 2.24) is 9.78 Å². The fraction of sp³-hybridized carbons (Fsp3) is 0.300.